The highest BCUT2D eigenvalue weighted by atomic mass is 32.1. The molecule has 28 heavy (non-hydrogen) atoms. The number of piperidine rings is 1. The van der Waals surface area contributed by atoms with Crippen LogP contribution in [0.4, 0.5) is 5.13 Å². The Bertz CT molecular complexity index is 807. The summed E-state index contributed by atoms with van der Waals surface area (Å²) in [6.45, 7) is 7.78. The number of nitrogens with zero attached hydrogens (tertiary/aromatic N) is 2. The second kappa shape index (κ2) is 9.32. The average Bonchev–Trinajstić information content (AvgIpc) is 3.18. The van der Waals surface area contributed by atoms with Crippen LogP contribution in [0.25, 0.3) is 11.3 Å². The molecule has 2 heterocycles. The van der Waals surface area contributed by atoms with E-state index in [1.165, 1.54) is 26.2 Å². The van der Waals surface area contributed by atoms with Crippen molar-refractivity contribution in [1.29, 1.82) is 0 Å². The number of nitrogens with one attached hydrogen (secondary N) is 1. The van der Waals surface area contributed by atoms with Crippen LogP contribution in [-0.4, -0.2) is 35.8 Å². The van der Waals surface area contributed by atoms with Crippen LogP contribution in [0.5, 0.6) is 0 Å². The molecule has 0 unspecified atom stereocenters. The van der Waals surface area contributed by atoms with E-state index in [-0.39, 0.29) is 11.7 Å². The third kappa shape index (κ3) is 5.19. The molecule has 1 aliphatic rings. The highest BCUT2D eigenvalue weighted by molar-refractivity contribution is 7.14. The van der Waals surface area contributed by atoms with Gasteiger partial charge < -0.3 is 10.2 Å². The second-order valence-corrected chi connectivity index (χ2v) is 8.74. The van der Waals surface area contributed by atoms with Gasteiger partial charge in [0.2, 0.25) is 0 Å². The van der Waals surface area contributed by atoms with Crippen molar-refractivity contribution in [1.82, 2.24) is 10.3 Å². The number of rotatable bonds is 7. The average molecular weight is 400 g/mol. The molecule has 1 amide bonds. The normalized spacial score (nSPS) is 15.5. The summed E-state index contributed by atoms with van der Waals surface area (Å²) in [4.78, 5) is 31.4. The molecule has 0 aliphatic carbocycles. The number of carbonyl (C=O) groups is 2. The molecule has 6 heteroatoms. The van der Waals surface area contributed by atoms with Gasteiger partial charge in [0.1, 0.15) is 0 Å². The van der Waals surface area contributed by atoms with E-state index in [4.69, 9.17) is 4.98 Å². The Morgan fingerprint density at radius 3 is 2.43 bits per heavy atom. The monoisotopic (exact) mass is 399 g/mol. The second-order valence-electron chi connectivity index (χ2n) is 7.91. The highest BCUT2D eigenvalue weighted by Crippen LogP contribution is 2.29. The largest absolute Gasteiger partial charge is 0.348 e. The van der Waals surface area contributed by atoms with Crippen molar-refractivity contribution in [2.24, 2.45) is 5.92 Å². The standard InChI is InChI=1S/C22H29N3O2S/c1-15(2)13-19(16(3)26)23-21(27)18-9-7-17(8-10-18)20-14-28-22(24-20)25-11-5-4-6-12-25/h7-10,14-15,19H,4-6,11-13H2,1-3H3,(H,23,27)/t19-/m0/s1. The maximum atomic E-state index is 12.5. The first-order valence-electron chi connectivity index (χ1n) is 10.1. The predicted molar refractivity (Wildman–Crippen MR) is 115 cm³/mol. The number of amides is 1. The molecule has 1 N–H and O–H groups in total. The van der Waals surface area contributed by atoms with Crippen LogP contribution < -0.4 is 10.2 Å². The van der Waals surface area contributed by atoms with Crippen molar-refractivity contribution in [3.8, 4) is 11.3 Å². The number of benzene rings is 1. The first-order valence-corrected chi connectivity index (χ1v) is 10.9. The van der Waals surface area contributed by atoms with Gasteiger partial charge in [0.05, 0.1) is 11.7 Å². The van der Waals surface area contributed by atoms with Gasteiger partial charge in [-0.1, -0.05) is 26.0 Å². The van der Waals surface area contributed by atoms with Gasteiger partial charge in [0, 0.05) is 29.6 Å². The third-order valence-electron chi connectivity index (χ3n) is 5.06. The van der Waals surface area contributed by atoms with E-state index < -0.39 is 6.04 Å². The van der Waals surface area contributed by atoms with Crippen molar-refractivity contribution >= 4 is 28.2 Å². The number of hydrogen-bond acceptors (Lipinski definition) is 5. The van der Waals surface area contributed by atoms with Crippen molar-refractivity contribution in [2.45, 2.75) is 52.5 Å². The van der Waals surface area contributed by atoms with Gasteiger partial charge >= 0.3 is 0 Å². The summed E-state index contributed by atoms with van der Waals surface area (Å²) >= 11 is 1.68. The Hall–Kier alpha value is -2.21. The number of aromatic nitrogens is 1. The molecule has 0 spiro atoms. The van der Waals surface area contributed by atoms with Gasteiger partial charge in [-0.2, -0.15) is 0 Å². The summed E-state index contributed by atoms with van der Waals surface area (Å²) in [7, 11) is 0. The van der Waals surface area contributed by atoms with E-state index in [9.17, 15) is 9.59 Å². The minimum absolute atomic E-state index is 0.00798. The Balaban J connectivity index is 1.66. The van der Waals surface area contributed by atoms with Crippen LogP contribution >= 0.6 is 11.3 Å². The molecular formula is C22H29N3O2S. The van der Waals surface area contributed by atoms with Crippen LogP contribution in [-0.2, 0) is 4.79 Å². The SMILES string of the molecule is CC(=O)[C@H](CC(C)C)NC(=O)c1ccc(-c2csc(N3CCCCC3)n2)cc1. The molecule has 1 aliphatic heterocycles. The molecule has 2 aromatic rings. The van der Waals surface area contributed by atoms with Crippen molar-refractivity contribution in [3.63, 3.8) is 0 Å². The van der Waals surface area contributed by atoms with Gasteiger partial charge in [-0.3, -0.25) is 9.59 Å². The molecule has 1 fully saturated rings. The molecule has 1 saturated heterocycles. The molecule has 0 radical (unpaired) electrons. The third-order valence-corrected chi connectivity index (χ3v) is 5.97. The van der Waals surface area contributed by atoms with E-state index in [1.54, 1.807) is 23.5 Å². The predicted octanol–water partition coefficient (Wildman–Crippen LogP) is 4.53. The summed E-state index contributed by atoms with van der Waals surface area (Å²) in [5.74, 6) is 0.126. The maximum absolute atomic E-state index is 12.5. The lowest BCUT2D eigenvalue weighted by Gasteiger charge is -2.25. The Kier molecular flexibility index (Phi) is 6.83. The summed E-state index contributed by atoms with van der Waals surface area (Å²) < 4.78 is 0. The topological polar surface area (TPSA) is 62.3 Å². The fourth-order valence-electron chi connectivity index (χ4n) is 3.46. The molecule has 0 saturated carbocycles. The summed E-state index contributed by atoms with van der Waals surface area (Å²) in [6, 6.07) is 7.02. The highest BCUT2D eigenvalue weighted by Gasteiger charge is 2.19. The molecule has 150 valence electrons. The van der Waals surface area contributed by atoms with Gasteiger partial charge in [0.15, 0.2) is 10.9 Å². The minimum atomic E-state index is -0.433. The van der Waals surface area contributed by atoms with Gasteiger partial charge in [-0.05, 0) is 50.7 Å². The van der Waals surface area contributed by atoms with Gasteiger partial charge in [-0.25, -0.2) is 4.98 Å². The molecule has 3 rings (SSSR count). The van der Waals surface area contributed by atoms with Crippen molar-refractivity contribution in [2.75, 3.05) is 18.0 Å². The molecule has 1 aromatic heterocycles. The van der Waals surface area contributed by atoms with E-state index in [0.717, 1.165) is 29.5 Å². The zero-order valence-electron chi connectivity index (χ0n) is 16.9. The lowest BCUT2D eigenvalue weighted by molar-refractivity contribution is -0.119. The zero-order valence-corrected chi connectivity index (χ0v) is 17.7. The minimum Gasteiger partial charge on any atom is -0.348 e. The Morgan fingerprint density at radius 2 is 1.82 bits per heavy atom. The van der Waals surface area contributed by atoms with Crippen LogP contribution in [0.15, 0.2) is 29.6 Å². The zero-order chi connectivity index (χ0) is 20.1. The number of carbonyl (C=O) groups excluding carboxylic acids is 2. The lowest BCUT2D eigenvalue weighted by atomic mass is 10.0. The van der Waals surface area contributed by atoms with Crippen LogP contribution in [0.1, 0.15) is 56.8 Å². The Morgan fingerprint density at radius 1 is 1.14 bits per heavy atom. The fraction of sp³-hybridized carbons (Fsp3) is 0.500. The fourth-order valence-corrected chi connectivity index (χ4v) is 4.35. The Labute approximate surface area is 171 Å². The maximum Gasteiger partial charge on any atom is 0.251 e. The number of Topliss-reactive ketones (excluding diaryl/α,β-unsaturated/α-hetero) is 1. The summed E-state index contributed by atoms with van der Waals surface area (Å²) in [6.07, 6.45) is 4.42. The molecule has 0 bridgehead atoms. The number of anilines is 1. The van der Waals surface area contributed by atoms with E-state index in [0.29, 0.717) is 17.9 Å². The van der Waals surface area contributed by atoms with Gasteiger partial charge in [-0.15, -0.1) is 11.3 Å². The summed E-state index contributed by atoms with van der Waals surface area (Å²) in [5, 5.41) is 6.02. The lowest BCUT2D eigenvalue weighted by Crippen LogP contribution is -2.40. The van der Waals surface area contributed by atoms with Crippen molar-refractivity contribution in [3.05, 3.63) is 35.2 Å². The molecular weight excluding hydrogens is 370 g/mol. The van der Waals surface area contributed by atoms with Gasteiger partial charge in [0.25, 0.3) is 5.91 Å². The van der Waals surface area contributed by atoms with E-state index in [2.05, 4.69) is 15.6 Å². The summed E-state index contributed by atoms with van der Waals surface area (Å²) in [5.41, 5.74) is 2.51. The smallest absolute Gasteiger partial charge is 0.251 e. The number of ketones is 1. The van der Waals surface area contributed by atoms with Crippen LogP contribution in [0.3, 0.4) is 0 Å². The van der Waals surface area contributed by atoms with Crippen LogP contribution in [0.2, 0.25) is 0 Å². The quantitative estimate of drug-likeness (QED) is 0.743. The van der Waals surface area contributed by atoms with Crippen molar-refractivity contribution < 1.29 is 9.59 Å². The first kappa shape index (κ1) is 20.5. The molecule has 1 atom stereocenters. The van der Waals surface area contributed by atoms with Crippen LogP contribution in [0, 0.1) is 5.92 Å². The number of thiazole rings is 1. The van der Waals surface area contributed by atoms with E-state index in [1.807, 2.05) is 26.0 Å². The molecule has 1 aromatic carbocycles. The van der Waals surface area contributed by atoms with E-state index >= 15 is 0 Å². The first-order chi connectivity index (χ1) is 13.4. The molecule has 5 nitrogen and oxygen atoms in total. The number of hydrogen-bond donors (Lipinski definition) is 1.